The number of carbonyl (C=O) groups excluding carboxylic acids is 1. The van der Waals surface area contributed by atoms with Gasteiger partial charge in [0.1, 0.15) is 0 Å². The fourth-order valence-electron chi connectivity index (χ4n) is 3.38. The number of hydrogen-bond donors (Lipinski definition) is 1. The van der Waals surface area contributed by atoms with Crippen molar-refractivity contribution in [2.24, 2.45) is 0 Å². The topological polar surface area (TPSA) is 101 Å². The predicted octanol–water partition coefficient (Wildman–Crippen LogP) is 2.46. The van der Waals surface area contributed by atoms with Crippen molar-refractivity contribution in [1.82, 2.24) is 9.62 Å². The van der Waals surface area contributed by atoms with Gasteiger partial charge in [-0.25, -0.2) is 16.8 Å². The van der Waals surface area contributed by atoms with E-state index in [2.05, 4.69) is 5.32 Å². The quantitative estimate of drug-likeness (QED) is 0.698. The number of sulfone groups is 1. The zero-order valence-corrected chi connectivity index (χ0v) is 18.3. The second kappa shape index (κ2) is 9.72. The van der Waals surface area contributed by atoms with Crippen LogP contribution in [0.1, 0.15) is 36.0 Å². The summed E-state index contributed by atoms with van der Waals surface area (Å²) in [5.41, 5.74) is 0.183. The van der Waals surface area contributed by atoms with E-state index in [1.165, 1.54) is 40.7 Å². The zero-order chi connectivity index (χ0) is 21.6. The Morgan fingerprint density at radius 2 is 1.47 bits per heavy atom. The molecule has 3 rings (SSSR count). The molecule has 0 saturated carbocycles. The van der Waals surface area contributed by atoms with Crippen LogP contribution in [0, 0.1) is 0 Å². The van der Waals surface area contributed by atoms with Crippen LogP contribution in [0.2, 0.25) is 0 Å². The number of hydrogen-bond acceptors (Lipinski definition) is 5. The van der Waals surface area contributed by atoms with Crippen LogP contribution in [-0.4, -0.2) is 52.4 Å². The molecule has 1 N–H and O–H groups in total. The Bertz CT molecular complexity index is 1080. The summed E-state index contributed by atoms with van der Waals surface area (Å²) in [6.07, 6.45) is 3.69. The van der Waals surface area contributed by atoms with Gasteiger partial charge < -0.3 is 5.32 Å². The minimum absolute atomic E-state index is 0.0703. The highest BCUT2D eigenvalue weighted by Gasteiger charge is 2.26. The maximum atomic E-state index is 12.9. The van der Waals surface area contributed by atoms with E-state index in [9.17, 15) is 21.6 Å². The number of nitrogens with zero attached hydrogens (tertiary/aromatic N) is 1. The minimum atomic E-state index is -3.66. The van der Waals surface area contributed by atoms with Crippen LogP contribution < -0.4 is 5.32 Å². The second-order valence-corrected chi connectivity index (χ2v) is 11.3. The summed E-state index contributed by atoms with van der Waals surface area (Å²) in [4.78, 5) is 12.7. The number of sulfonamides is 1. The van der Waals surface area contributed by atoms with Gasteiger partial charge in [-0.05, 0) is 43.2 Å². The van der Waals surface area contributed by atoms with E-state index in [0.717, 1.165) is 25.7 Å². The molecule has 2 aromatic carbocycles. The maximum absolute atomic E-state index is 12.9. The molecule has 0 radical (unpaired) electrons. The summed E-state index contributed by atoms with van der Waals surface area (Å²) in [5.74, 6) is -0.750. The number of rotatable bonds is 7. The van der Waals surface area contributed by atoms with Gasteiger partial charge in [0.05, 0.1) is 15.5 Å². The molecular weight excluding hydrogens is 424 g/mol. The lowest BCUT2D eigenvalue weighted by Crippen LogP contribution is -2.32. The Hall–Kier alpha value is -2.23. The van der Waals surface area contributed by atoms with Crippen LogP contribution in [0.5, 0.6) is 0 Å². The van der Waals surface area contributed by atoms with Gasteiger partial charge in [-0.2, -0.15) is 4.31 Å². The van der Waals surface area contributed by atoms with Crippen molar-refractivity contribution in [2.45, 2.75) is 35.5 Å². The second-order valence-electron chi connectivity index (χ2n) is 7.23. The molecule has 1 heterocycles. The molecule has 9 heteroatoms. The summed E-state index contributed by atoms with van der Waals surface area (Å²) < 4.78 is 51.9. The predicted molar refractivity (Wildman–Crippen MR) is 114 cm³/mol. The summed E-state index contributed by atoms with van der Waals surface area (Å²) in [7, 11) is -7.17. The summed E-state index contributed by atoms with van der Waals surface area (Å²) >= 11 is 0. The zero-order valence-electron chi connectivity index (χ0n) is 16.7. The third-order valence-corrected chi connectivity index (χ3v) is 8.68. The molecule has 1 amide bonds. The molecule has 1 aliphatic rings. The van der Waals surface area contributed by atoms with Gasteiger partial charge in [-0.3, -0.25) is 4.79 Å². The molecule has 1 saturated heterocycles. The lowest BCUT2D eigenvalue weighted by molar-refractivity contribution is 0.0956. The monoisotopic (exact) mass is 450 g/mol. The van der Waals surface area contributed by atoms with Gasteiger partial charge in [-0.15, -0.1) is 0 Å². The molecule has 0 unspecified atom stereocenters. The van der Waals surface area contributed by atoms with Crippen molar-refractivity contribution in [3.05, 3.63) is 60.2 Å². The Balaban J connectivity index is 1.66. The fraction of sp³-hybridized carbons (Fsp3) is 0.381. The summed E-state index contributed by atoms with van der Waals surface area (Å²) in [5, 5.41) is 2.57. The fourth-order valence-corrected chi connectivity index (χ4v) is 6.12. The van der Waals surface area contributed by atoms with E-state index in [0.29, 0.717) is 13.1 Å². The standard InChI is InChI=1S/C21H26N2O5S2/c24-21(22-13-16-29(25,26)19-10-4-3-5-11-19)18-9-8-12-20(17-18)30(27,28)23-14-6-1-2-7-15-23/h3-5,8-12,17H,1-2,6-7,13-16H2,(H,22,24). The summed E-state index contributed by atoms with van der Waals surface area (Å²) in [6.45, 7) is 0.894. The molecule has 162 valence electrons. The number of amides is 1. The van der Waals surface area contributed by atoms with E-state index in [-0.39, 0.29) is 27.7 Å². The van der Waals surface area contributed by atoms with Crippen LogP contribution >= 0.6 is 0 Å². The average molecular weight is 451 g/mol. The SMILES string of the molecule is O=C(NCCS(=O)(=O)c1ccccc1)c1cccc(S(=O)(=O)N2CCCCCC2)c1. The summed E-state index contributed by atoms with van der Waals surface area (Å²) in [6, 6.07) is 13.9. The molecule has 0 aliphatic carbocycles. The van der Waals surface area contributed by atoms with Gasteiger partial charge >= 0.3 is 0 Å². The first-order valence-corrected chi connectivity index (χ1v) is 13.1. The van der Waals surface area contributed by atoms with E-state index >= 15 is 0 Å². The van der Waals surface area contributed by atoms with Crippen LogP contribution in [0.25, 0.3) is 0 Å². The number of nitrogens with one attached hydrogen (secondary N) is 1. The number of benzene rings is 2. The van der Waals surface area contributed by atoms with Crippen molar-refractivity contribution in [2.75, 3.05) is 25.4 Å². The lowest BCUT2D eigenvalue weighted by atomic mass is 10.2. The maximum Gasteiger partial charge on any atom is 0.251 e. The molecule has 0 aromatic heterocycles. The van der Waals surface area contributed by atoms with Crippen LogP contribution in [-0.2, 0) is 19.9 Å². The molecule has 0 spiro atoms. The Kier molecular flexibility index (Phi) is 7.27. The van der Waals surface area contributed by atoms with Crippen molar-refractivity contribution in [3.8, 4) is 0 Å². The first-order chi connectivity index (χ1) is 14.3. The van der Waals surface area contributed by atoms with Gasteiger partial charge in [0, 0.05) is 25.2 Å². The van der Waals surface area contributed by atoms with E-state index < -0.39 is 25.8 Å². The molecular formula is C21H26N2O5S2. The van der Waals surface area contributed by atoms with Gasteiger partial charge in [0.25, 0.3) is 5.91 Å². The third kappa shape index (κ3) is 5.47. The van der Waals surface area contributed by atoms with E-state index in [1.54, 1.807) is 18.2 Å². The molecule has 2 aromatic rings. The van der Waals surface area contributed by atoms with Gasteiger partial charge in [-0.1, -0.05) is 37.1 Å². The molecule has 1 aliphatic heterocycles. The number of carbonyl (C=O) groups is 1. The highest BCUT2D eigenvalue weighted by molar-refractivity contribution is 7.91. The lowest BCUT2D eigenvalue weighted by Gasteiger charge is -2.20. The van der Waals surface area contributed by atoms with Crippen molar-refractivity contribution in [3.63, 3.8) is 0 Å². The van der Waals surface area contributed by atoms with E-state index in [1.807, 2.05) is 0 Å². The van der Waals surface area contributed by atoms with Crippen LogP contribution in [0.3, 0.4) is 0 Å². The van der Waals surface area contributed by atoms with Crippen molar-refractivity contribution >= 4 is 25.8 Å². The first-order valence-electron chi connectivity index (χ1n) is 9.97. The normalized spacial score (nSPS) is 16.0. The van der Waals surface area contributed by atoms with Crippen molar-refractivity contribution in [1.29, 1.82) is 0 Å². The third-order valence-electron chi connectivity index (χ3n) is 5.06. The molecule has 30 heavy (non-hydrogen) atoms. The largest absolute Gasteiger partial charge is 0.351 e. The molecule has 0 atom stereocenters. The Labute approximate surface area is 178 Å². The molecule has 1 fully saturated rings. The first kappa shape index (κ1) is 22.5. The molecule has 0 bridgehead atoms. The van der Waals surface area contributed by atoms with Crippen LogP contribution in [0.4, 0.5) is 0 Å². The highest BCUT2D eigenvalue weighted by atomic mass is 32.2. The highest BCUT2D eigenvalue weighted by Crippen LogP contribution is 2.21. The smallest absolute Gasteiger partial charge is 0.251 e. The molecule has 7 nitrogen and oxygen atoms in total. The minimum Gasteiger partial charge on any atom is -0.351 e. The van der Waals surface area contributed by atoms with Gasteiger partial charge in [0.2, 0.25) is 10.0 Å². The van der Waals surface area contributed by atoms with Gasteiger partial charge in [0.15, 0.2) is 9.84 Å². The van der Waals surface area contributed by atoms with E-state index in [4.69, 9.17) is 0 Å². The van der Waals surface area contributed by atoms with Crippen molar-refractivity contribution < 1.29 is 21.6 Å². The van der Waals surface area contributed by atoms with Crippen LogP contribution in [0.15, 0.2) is 64.4 Å². The Morgan fingerprint density at radius 3 is 2.13 bits per heavy atom. The Morgan fingerprint density at radius 1 is 0.833 bits per heavy atom. The average Bonchev–Trinajstić information content (AvgIpc) is 3.04.